The van der Waals surface area contributed by atoms with Gasteiger partial charge in [0.1, 0.15) is 0 Å². The molecule has 1 saturated carbocycles. The number of nitrogens with zero attached hydrogens (tertiary/aromatic N) is 4. The maximum atomic E-state index is 12.1. The molecule has 3 fully saturated rings. The summed E-state index contributed by atoms with van der Waals surface area (Å²) in [6.45, 7) is 9.42. The zero-order valence-corrected chi connectivity index (χ0v) is 15.8. The molecule has 0 spiro atoms. The van der Waals surface area contributed by atoms with E-state index in [0.29, 0.717) is 11.8 Å². The number of hydrogen-bond donors (Lipinski definition) is 0. The van der Waals surface area contributed by atoms with E-state index in [9.17, 15) is 4.79 Å². The number of ether oxygens (including phenoxy) is 1. The van der Waals surface area contributed by atoms with Gasteiger partial charge in [-0.3, -0.25) is 9.69 Å². The molecule has 1 aliphatic carbocycles. The second-order valence-corrected chi connectivity index (χ2v) is 8.15. The summed E-state index contributed by atoms with van der Waals surface area (Å²) in [6, 6.07) is 3.63. The highest BCUT2D eigenvalue weighted by atomic mass is 16.5. The molecule has 0 amide bonds. The van der Waals surface area contributed by atoms with Crippen molar-refractivity contribution in [2.75, 3.05) is 52.5 Å². The Morgan fingerprint density at radius 3 is 2.50 bits per heavy atom. The summed E-state index contributed by atoms with van der Waals surface area (Å²) in [6.07, 6.45) is 5.96. The molecule has 4 rings (SSSR count). The first-order valence-corrected chi connectivity index (χ1v) is 10.4. The minimum absolute atomic E-state index is 0.0558. The Kier molecular flexibility index (Phi) is 6.02. The summed E-state index contributed by atoms with van der Waals surface area (Å²) < 4.78 is 7.26. The van der Waals surface area contributed by atoms with Crippen molar-refractivity contribution in [2.24, 2.45) is 5.92 Å². The first-order valence-electron chi connectivity index (χ1n) is 10.4. The van der Waals surface area contributed by atoms with Gasteiger partial charge in [0.05, 0.1) is 12.3 Å². The van der Waals surface area contributed by atoms with Crippen molar-refractivity contribution in [1.82, 2.24) is 19.6 Å². The summed E-state index contributed by atoms with van der Waals surface area (Å²) in [5.41, 5.74) is 1.17. The summed E-state index contributed by atoms with van der Waals surface area (Å²) >= 11 is 0. The van der Waals surface area contributed by atoms with E-state index in [4.69, 9.17) is 4.74 Å². The second kappa shape index (κ2) is 8.63. The highest BCUT2D eigenvalue weighted by molar-refractivity contribution is 5.12. The Morgan fingerprint density at radius 2 is 1.73 bits per heavy atom. The van der Waals surface area contributed by atoms with E-state index in [1.807, 2.05) is 6.07 Å². The van der Waals surface area contributed by atoms with E-state index in [0.717, 1.165) is 64.6 Å². The van der Waals surface area contributed by atoms with Crippen molar-refractivity contribution >= 4 is 0 Å². The van der Waals surface area contributed by atoms with Crippen LogP contribution in [-0.2, 0) is 11.3 Å². The van der Waals surface area contributed by atoms with Crippen molar-refractivity contribution < 1.29 is 4.74 Å². The van der Waals surface area contributed by atoms with Crippen LogP contribution in [0.5, 0.6) is 0 Å². The monoisotopic (exact) mass is 360 g/mol. The Labute approximate surface area is 156 Å². The molecule has 144 valence electrons. The predicted molar refractivity (Wildman–Crippen MR) is 102 cm³/mol. The van der Waals surface area contributed by atoms with Crippen LogP contribution >= 0.6 is 0 Å². The van der Waals surface area contributed by atoms with Crippen LogP contribution in [0.1, 0.15) is 43.7 Å². The zero-order valence-electron chi connectivity index (χ0n) is 15.8. The number of rotatable bonds is 6. The van der Waals surface area contributed by atoms with Gasteiger partial charge in [-0.1, -0.05) is 0 Å². The molecule has 0 bridgehead atoms. The van der Waals surface area contributed by atoms with Gasteiger partial charge in [-0.2, -0.15) is 5.10 Å². The van der Waals surface area contributed by atoms with E-state index >= 15 is 0 Å². The fourth-order valence-corrected chi connectivity index (χ4v) is 4.13. The maximum absolute atomic E-state index is 12.1. The molecule has 3 heterocycles. The molecule has 0 N–H and O–H groups in total. The molecule has 2 saturated heterocycles. The quantitative estimate of drug-likeness (QED) is 0.771. The van der Waals surface area contributed by atoms with Gasteiger partial charge in [0.25, 0.3) is 5.56 Å². The molecular formula is C20H32N4O2. The predicted octanol–water partition coefficient (Wildman–Crippen LogP) is 1.56. The minimum atomic E-state index is 0.0558. The Hall–Kier alpha value is -1.24. The van der Waals surface area contributed by atoms with Crippen molar-refractivity contribution in [3.63, 3.8) is 0 Å². The third kappa shape index (κ3) is 4.93. The van der Waals surface area contributed by atoms with Crippen molar-refractivity contribution in [3.05, 3.63) is 28.2 Å². The third-order valence-corrected chi connectivity index (χ3v) is 6.07. The number of likely N-dealkylation sites (tertiary alicyclic amines) is 1. The van der Waals surface area contributed by atoms with Crippen LogP contribution < -0.4 is 5.56 Å². The maximum Gasteiger partial charge on any atom is 0.266 e. The van der Waals surface area contributed by atoms with Gasteiger partial charge < -0.3 is 9.64 Å². The average Bonchev–Trinajstić information content (AvgIpc) is 3.50. The summed E-state index contributed by atoms with van der Waals surface area (Å²) in [4.78, 5) is 17.2. The summed E-state index contributed by atoms with van der Waals surface area (Å²) in [7, 11) is 0. The van der Waals surface area contributed by atoms with E-state index in [-0.39, 0.29) is 5.56 Å². The SMILES string of the molecule is O=c1ccc(C2CC2)nn1CC1CCN(CCN2CCCOCC2)CC1. The van der Waals surface area contributed by atoms with E-state index in [1.165, 1.54) is 32.2 Å². The van der Waals surface area contributed by atoms with Crippen LogP contribution in [0.4, 0.5) is 0 Å². The van der Waals surface area contributed by atoms with Crippen LogP contribution in [0.25, 0.3) is 0 Å². The Morgan fingerprint density at radius 1 is 0.962 bits per heavy atom. The first-order chi connectivity index (χ1) is 12.8. The summed E-state index contributed by atoms with van der Waals surface area (Å²) in [5.74, 6) is 1.19. The first kappa shape index (κ1) is 18.1. The van der Waals surface area contributed by atoms with E-state index in [1.54, 1.807) is 10.7 Å². The highest BCUT2D eigenvalue weighted by Gasteiger charge is 2.26. The fraction of sp³-hybridized carbons (Fsp3) is 0.800. The van der Waals surface area contributed by atoms with E-state index in [2.05, 4.69) is 14.9 Å². The topological polar surface area (TPSA) is 50.6 Å². The molecule has 0 radical (unpaired) electrons. The number of aromatic nitrogens is 2. The molecule has 0 atom stereocenters. The number of piperidine rings is 1. The lowest BCUT2D eigenvalue weighted by atomic mass is 9.97. The Balaban J connectivity index is 1.22. The molecule has 0 unspecified atom stereocenters. The normalized spacial score (nSPS) is 23.8. The zero-order chi connectivity index (χ0) is 17.8. The molecule has 6 nitrogen and oxygen atoms in total. The van der Waals surface area contributed by atoms with E-state index < -0.39 is 0 Å². The lowest BCUT2D eigenvalue weighted by molar-refractivity contribution is 0.129. The summed E-state index contributed by atoms with van der Waals surface area (Å²) in [5, 5.41) is 4.63. The van der Waals surface area contributed by atoms with Gasteiger partial charge in [0.15, 0.2) is 0 Å². The van der Waals surface area contributed by atoms with Crippen molar-refractivity contribution in [2.45, 2.75) is 44.6 Å². The standard InChI is InChI=1S/C20H32N4O2/c25-20-5-4-19(18-2-3-18)21-24(20)16-17-6-9-23(10-7-17)12-11-22-8-1-14-26-15-13-22/h4-5,17-18H,1-3,6-16H2. The van der Waals surface area contributed by atoms with Gasteiger partial charge in [-0.25, -0.2) is 4.68 Å². The smallest absolute Gasteiger partial charge is 0.266 e. The van der Waals surface area contributed by atoms with Gasteiger partial charge in [-0.15, -0.1) is 0 Å². The minimum Gasteiger partial charge on any atom is -0.380 e. The average molecular weight is 361 g/mol. The molecule has 3 aliphatic rings. The Bertz CT molecular complexity index is 627. The van der Waals surface area contributed by atoms with Crippen LogP contribution in [0, 0.1) is 5.92 Å². The van der Waals surface area contributed by atoms with Crippen LogP contribution in [0.15, 0.2) is 16.9 Å². The van der Waals surface area contributed by atoms with Crippen LogP contribution in [0.2, 0.25) is 0 Å². The molecule has 6 heteroatoms. The fourth-order valence-electron chi connectivity index (χ4n) is 4.13. The highest BCUT2D eigenvalue weighted by Crippen LogP contribution is 2.38. The lowest BCUT2D eigenvalue weighted by Gasteiger charge is -2.33. The van der Waals surface area contributed by atoms with Gasteiger partial charge in [0, 0.05) is 51.3 Å². The molecule has 26 heavy (non-hydrogen) atoms. The van der Waals surface area contributed by atoms with Gasteiger partial charge in [0.2, 0.25) is 0 Å². The molecule has 0 aromatic carbocycles. The van der Waals surface area contributed by atoms with Gasteiger partial charge >= 0.3 is 0 Å². The molecule has 2 aliphatic heterocycles. The molecular weight excluding hydrogens is 328 g/mol. The molecule has 1 aromatic heterocycles. The largest absolute Gasteiger partial charge is 0.380 e. The number of hydrogen-bond acceptors (Lipinski definition) is 5. The van der Waals surface area contributed by atoms with Crippen molar-refractivity contribution in [3.8, 4) is 0 Å². The van der Waals surface area contributed by atoms with Crippen LogP contribution in [-0.4, -0.2) is 72.1 Å². The third-order valence-electron chi connectivity index (χ3n) is 6.07. The lowest BCUT2D eigenvalue weighted by Crippen LogP contribution is -2.41. The van der Waals surface area contributed by atoms with Gasteiger partial charge in [-0.05, 0) is 57.2 Å². The molecule has 1 aromatic rings. The van der Waals surface area contributed by atoms with Crippen LogP contribution in [0.3, 0.4) is 0 Å². The van der Waals surface area contributed by atoms with Crippen molar-refractivity contribution in [1.29, 1.82) is 0 Å². The second-order valence-electron chi connectivity index (χ2n) is 8.15.